The van der Waals surface area contributed by atoms with Crippen LogP contribution in [-0.4, -0.2) is 24.0 Å². The highest BCUT2D eigenvalue weighted by Crippen LogP contribution is 2.47. The van der Waals surface area contributed by atoms with Gasteiger partial charge in [-0.25, -0.2) is 4.98 Å². The van der Waals surface area contributed by atoms with Crippen molar-refractivity contribution in [2.24, 2.45) is 23.5 Å². The number of amides is 1. The Morgan fingerprint density at radius 3 is 2.59 bits per heavy atom. The molecule has 1 aromatic carbocycles. The van der Waals surface area contributed by atoms with Crippen LogP contribution in [0.25, 0.3) is 0 Å². The SMILES string of the molecule is COc1cccc(Oc2ccc(CNC(=O)C3C4CCC(C4)C3N)cn2)c1.Cl.Cl. The molecule has 158 valence electrons. The van der Waals surface area contributed by atoms with E-state index in [9.17, 15) is 4.79 Å². The molecule has 8 heteroatoms. The van der Waals surface area contributed by atoms with Gasteiger partial charge in [-0.2, -0.15) is 0 Å². The third-order valence-corrected chi connectivity index (χ3v) is 5.81. The van der Waals surface area contributed by atoms with E-state index < -0.39 is 0 Å². The van der Waals surface area contributed by atoms with Gasteiger partial charge in [0, 0.05) is 30.9 Å². The molecule has 6 nitrogen and oxygen atoms in total. The summed E-state index contributed by atoms with van der Waals surface area (Å²) in [6, 6.07) is 11.1. The zero-order valence-corrected chi connectivity index (χ0v) is 17.9. The van der Waals surface area contributed by atoms with Crippen molar-refractivity contribution >= 4 is 30.7 Å². The number of pyridine rings is 1. The van der Waals surface area contributed by atoms with E-state index in [1.807, 2.05) is 24.3 Å². The number of rotatable bonds is 6. The predicted molar refractivity (Wildman–Crippen MR) is 116 cm³/mol. The Kier molecular flexibility index (Phi) is 8.14. The van der Waals surface area contributed by atoms with Crippen molar-refractivity contribution in [2.45, 2.75) is 31.8 Å². The summed E-state index contributed by atoms with van der Waals surface area (Å²) in [6.45, 7) is 0.450. The number of nitrogens with zero attached hydrogens (tertiary/aromatic N) is 1. The maximum Gasteiger partial charge on any atom is 0.225 e. The second-order valence-electron chi connectivity index (χ2n) is 7.44. The summed E-state index contributed by atoms with van der Waals surface area (Å²) in [5.41, 5.74) is 7.18. The molecule has 0 saturated heterocycles. The second kappa shape index (κ2) is 10.1. The Morgan fingerprint density at radius 2 is 1.93 bits per heavy atom. The molecule has 2 bridgehead atoms. The zero-order chi connectivity index (χ0) is 18.8. The lowest BCUT2D eigenvalue weighted by atomic mass is 9.84. The predicted octanol–water partition coefficient (Wildman–Crippen LogP) is 3.72. The van der Waals surface area contributed by atoms with E-state index in [1.54, 1.807) is 25.4 Å². The van der Waals surface area contributed by atoms with E-state index in [4.69, 9.17) is 15.2 Å². The highest BCUT2D eigenvalue weighted by atomic mass is 35.5. The van der Waals surface area contributed by atoms with E-state index in [1.165, 1.54) is 6.42 Å². The van der Waals surface area contributed by atoms with Gasteiger partial charge in [-0.3, -0.25) is 4.79 Å². The van der Waals surface area contributed by atoms with Crippen LogP contribution < -0.4 is 20.5 Å². The van der Waals surface area contributed by atoms with Crippen molar-refractivity contribution in [3.8, 4) is 17.4 Å². The van der Waals surface area contributed by atoms with Crippen molar-refractivity contribution in [1.82, 2.24) is 10.3 Å². The van der Waals surface area contributed by atoms with Gasteiger partial charge in [0.15, 0.2) is 0 Å². The maximum absolute atomic E-state index is 12.5. The molecule has 1 amide bonds. The van der Waals surface area contributed by atoms with Crippen LogP contribution >= 0.6 is 24.8 Å². The summed E-state index contributed by atoms with van der Waals surface area (Å²) < 4.78 is 10.9. The zero-order valence-electron chi connectivity index (χ0n) is 16.2. The van der Waals surface area contributed by atoms with Crippen LogP contribution in [0.3, 0.4) is 0 Å². The van der Waals surface area contributed by atoms with Crippen molar-refractivity contribution in [2.75, 3.05) is 7.11 Å². The topological polar surface area (TPSA) is 86.5 Å². The van der Waals surface area contributed by atoms with Crippen LogP contribution in [0.1, 0.15) is 24.8 Å². The number of carbonyl (C=O) groups is 1. The first-order valence-corrected chi connectivity index (χ1v) is 9.44. The number of hydrogen-bond acceptors (Lipinski definition) is 5. The molecule has 2 saturated carbocycles. The Labute approximate surface area is 183 Å². The maximum atomic E-state index is 12.5. The minimum Gasteiger partial charge on any atom is -0.497 e. The van der Waals surface area contributed by atoms with Crippen molar-refractivity contribution in [3.63, 3.8) is 0 Å². The summed E-state index contributed by atoms with van der Waals surface area (Å²) in [7, 11) is 1.62. The minimum absolute atomic E-state index is 0. The van der Waals surface area contributed by atoms with Crippen molar-refractivity contribution in [1.29, 1.82) is 0 Å². The molecule has 1 aromatic heterocycles. The normalized spacial score (nSPS) is 24.2. The lowest BCUT2D eigenvalue weighted by molar-refractivity contribution is -0.127. The monoisotopic (exact) mass is 439 g/mol. The molecule has 4 atom stereocenters. The summed E-state index contributed by atoms with van der Waals surface area (Å²) in [5, 5.41) is 3.02. The number of methoxy groups -OCH3 is 1. The highest BCUT2D eigenvalue weighted by molar-refractivity contribution is 5.85. The summed E-state index contributed by atoms with van der Waals surface area (Å²) >= 11 is 0. The van der Waals surface area contributed by atoms with Gasteiger partial charge in [-0.05, 0) is 48.8 Å². The van der Waals surface area contributed by atoms with E-state index in [-0.39, 0.29) is 42.7 Å². The third kappa shape index (κ3) is 5.13. The minimum atomic E-state index is -0.0348. The van der Waals surface area contributed by atoms with Crippen molar-refractivity contribution in [3.05, 3.63) is 48.2 Å². The van der Waals surface area contributed by atoms with Crippen molar-refractivity contribution < 1.29 is 14.3 Å². The molecule has 2 fully saturated rings. The van der Waals surface area contributed by atoms with Gasteiger partial charge >= 0.3 is 0 Å². The van der Waals surface area contributed by atoms with Gasteiger partial charge in [-0.1, -0.05) is 12.1 Å². The average molecular weight is 440 g/mol. The molecule has 0 aliphatic heterocycles. The standard InChI is InChI=1S/C21H25N3O3.2ClH/c1-26-16-3-2-4-17(10-16)27-18-8-5-13(11-23-18)12-24-21(25)19-14-6-7-15(9-14)20(19)22;;/h2-5,8,10-11,14-15,19-20H,6-7,9,12,22H2,1H3,(H,24,25);2*1H. The van der Waals surface area contributed by atoms with E-state index >= 15 is 0 Å². The Morgan fingerprint density at radius 1 is 1.17 bits per heavy atom. The summed E-state index contributed by atoms with van der Waals surface area (Å²) in [6.07, 6.45) is 5.14. The number of ether oxygens (including phenoxy) is 2. The van der Waals surface area contributed by atoms with Crippen LogP contribution in [0, 0.1) is 17.8 Å². The number of fused-ring (bicyclic) bond motifs is 2. The van der Waals surface area contributed by atoms with Gasteiger partial charge in [0.05, 0.1) is 13.0 Å². The van der Waals surface area contributed by atoms with E-state index in [0.29, 0.717) is 30.0 Å². The van der Waals surface area contributed by atoms with E-state index in [0.717, 1.165) is 24.2 Å². The second-order valence-corrected chi connectivity index (χ2v) is 7.44. The number of benzene rings is 1. The number of nitrogens with two attached hydrogens (primary N) is 1. The number of aromatic nitrogens is 1. The fourth-order valence-corrected chi connectivity index (χ4v) is 4.39. The first kappa shape index (κ1) is 23.3. The van der Waals surface area contributed by atoms with Gasteiger partial charge in [0.1, 0.15) is 11.5 Å². The molecule has 4 unspecified atom stereocenters. The quantitative estimate of drug-likeness (QED) is 0.715. The fraction of sp³-hybridized carbons (Fsp3) is 0.429. The molecule has 0 radical (unpaired) electrons. The molecule has 2 aliphatic carbocycles. The molecule has 3 N–H and O–H groups in total. The Balaban J connectivity index is 0.00000150. The van der Waals surface area contributed by atoms with Gasteiger partial charge in [-0.15, -0.1) is 24.8 Å². The van der Waals surface area contributed by atoms with Gasteiger partial charge < -0.3 is 20.5 Å². The molecule has 2 aliphatic rings. The summed E-state index contributed by atoms with van der Waals surface area (Å²) in [4.78, 5) is 16.9. The van der Waals surface area contributed by atoms with Crippen LogP contribution in [0.2, 0.25) is 0 Å². The molecular weight excluding hydrogens is 413 g/mol. The fourth-order valence-electron chi connectivity index (χ4n) is 4.39. The lowest BCUT2D eigenvalue weighted by Crippen LogP contribution is -2.45. The van der Waals surface area contributed by atoms with Crippen LogP contribution in [0.4, 0.5) is 0 Å². The van der Waals surface area contributed by atoms with Gasteiger partial charge in [0.2, 0.25) is 11.8 Å². The third-order valence-electron chi connectivity index (χ3n) is 5.81. The molecule has 29 heavy (non-hydrogen) atoms. The van der Waals surface area contributed by atoms with E-state index in [2.05, 4.69) is 10.3 Å². The number of halogens is 2. The van der Waals surface area contributed by atoms with Gasteiger partial charge in [0.25, 0.3) is 0 Å². The Hall–Kier alpha value is -2.02. The average Bonchev–Trinajstić information content (AvgIpc) is 3.29. The molecule has 2 aromatic rings. The molecule has 0 spiro atoms. The molecule has 4 rings (SSSR count). The molecular formula is C21H27Cl2N3O3. The smallest absolute Gasteiger partial charge is 0.225 e. The first-order valence-electron chi connectivity index (χ1n) is 9.44. The summed E-state index contributed by atoms with van der Waals surface area (Å²) in [5.74, 6) is 2.91. The Bertz CT molecular complexity index is 817. The van der Waals surface area contributed by atoms with Crippen LogP contribution in [0.5, 0.6) is 17.4 Å². The number of nitrogens with one attached hydrogen (secondary N) is 1. The van der Waals surface area contributed by atoms with Crippen LogP contribution in [-0.2, 0) is 11.3 Å². The number of hydrogen-bond donors (Lipinski definition) is 2. The highest BCUT2D eigenvalue weighted by Gasteiger charge is 2.48. The molecule has 1 heterocycles. The number of carbonyl (C=O) groups excluding carboxylic acids is 1. The lowest BCUT2D eigenvalue weighted by Gasteiger charge is -2.27. The van der Waals surface area contributed by atoms with Crippen LogP contribution in [0.15, 0.2) is 42.6 Å². The first-order chi connectivity index (χ1) is 13.1. The largest absolute Gasteiger partial charge is 0.497 e.